The number of aromatic hydroxyl groups is 2. The number of hydrazone groups is 1. The summed E-state index contributed by atoms with van der Waals surface area (Å²) in [5.74, 6) is -1.62. The van der Waals surface area contributed by atoms with E-state index in [1.54, 1.807) is 0 Å². The minimum atomic E-state index is -4.11. The highest BCUT2D eigenvalue weighted by atomic mass is 79.9. The molecule has 2 rings (SSSR count). The van der Waals surface area contributed by atoms with Gasteiger partial charge in [0.2, 0.25) is 0 Å². The first-order valence-electron chi connectivity index (χ1n) is 6.73. The Morgan fingerprint density at radius 2 is 1.88 bits per heavy atom. The lowest BCUT2D eigenvalue weighted by Gasteiger charge is -2.09. The van der Waals surface area contributed by atoms with Gasteiger partial charge in [-0.2, -0.15) is 18.4 Å². The molecule has 0 aromatic heterocycles. The Hall–Kier alpha value is -2.59. The quantitative estimate of drug-likeness (QED) is 0.327. The molecule has 0 saturated heterocycles. The van der Waals surface area contributed by atoms with Gasteiger partial charge in [0, 0.05) is 5.56 Å². The molecule has 8 nitrogen and oxygen atoms in total. The molecule has 0 saturated carbocycles. The van der Waals surface area contributed by atoms with Crippen molar-refractivity contribution in [1.29, 1.82) is 0 Å². The van der Waals surface area contributed by atoms with Gasteiger partial charge in [-0.1, -0.05) is 6.07 Å². The van der Waals surface area contributed by atoms with E-state index < -0.39 is 16.0 Å². The van der Waals surface area contributed by atoms with Crippen LogP contribution < -0.4 is 4.83 Å². The number of halogens is 1. The Morgan fingerprint density at radius 1 is 1.20 bits per heavy atom. The van der Waals surface area contributed by atoms with Gasteiger partial charge in [-0.05, 0) is 53.2 Å². The molecule has 0 unspecified atom stereocenters. The van der Waals surface area contributed by atoms with Gasteiger partial charge < -0.3 is 15.3 Å². The van der Waals surface area contributed by atoms with Crippen LogP contribution in [0.2, 0.25) is 0 Å². The van der Waals surface area contributed by atoms with Gasteiger partial charge in [-0.15, -0.1) is 0 Å². The van der Waals surface area contributed by atoms with E-state index in [4.69, 9.17) is 5.11 Å². The number of carbonyl (C=O) groups is 1. The smallest absolute Gasteiger partial charge is 0.335 e. The number of hydrogen-bond acceptors (Lipinski definition) is 6. The molecule has 0 spiro atoms. The van der Waals surface area contributed by atoms with Gasteiger partial charge >= 0.3 is 5.97 Å². The Morgan fingerprint density at radius 3 is 2.52 bits per heavy atom. The highest BCUT2D eigenvalue weighted by molar-refractivity contribution is 9.10. The van der Waals surface area contributed by atoms with Gasteiger partial charge in [-0.3, -0.25) is 0 Å². The van der Waals surface area contributed by atoms with Crippen LogP contribution in [0.1, 0.15) is 22.8 Å². The summed E-state index contributed by atoms with van der Waals surface area (Å²) >= 11 is 3.05. The number of nitrogens with zero attached hydrogens (tertiary/aromatic N) is 1. The van der Waals surface area contributed by atoms with Crippen molar-refractivity contribution in [3.63, 3.8) is 0 Å². The zero-order valence-corrected chi connectivity index (χ0v) is 15.2. The summed E-state index contributed by atoms with van der Waals surface area (Å²) in [6.45, 7) is 1.43. The Labute approximate surface area is 151 Å². The van der Waals surface area contributed by atoms with Gasteiger partial charge in [0.15, 0.2) is 0 Å². The summed E-state index contributed by atoms with van der Waals surface area (Å²) < 4.78 is 24.7. The molecule has 0 heterocycles. The zero-order valence-electron chi connectivity index (χ0n) is 12.8. The summed E-state index contributed by atoms with van der Waals surface area (Å²) in [5, 5.41) is 32.1. The van der Waals surface area contributed by atoms with Crippen molar-refractivity contribution in [2.45, 2.75) is 11.8 Å². The van der Waals surface area contributed by atoms with Crippen molar-refractivity contribution < 1.29 is 28.5 Å². The summed E-state index contributed by atoms with van der Waals surface area (Å²) in [6.07, 6.45) is 0. The second-order valence-electron chi connectivity index (χ2n) is 4.95. The number of hydrogen-bond donors (Lipinski definition) is 4. The van der Waals surface area contributed by atoms with Crippen LogP contribution in [-0.4, -0.2) is 35.4 Å². The molecule has 2 aromatic carbocycles. The normalized spacial score (nSPS) is 12.0. The van der Waals surface area contributed by atoms with E-state index in [9.17, 15) is 23.4 Å². The van der Waals surface area contributed by atoms with Crippen molar-refractivity contribution >= 4 is 37.6 Å². The fourth-order valence-electron chi connectivity index (χ4n) is 1.90. The third-order valence-electron chi connectivity index (χ3n) is 3.16. The fraction of sp³-hybridized carbons (Fsp3) is 0.0667. The average Bonchev–Trinajstić information content (AvgIpc) is 2.56. The molecule has 132 valence electrons. The first kappa shape index (κ1) is 18.7. The number of phenols is 2. The van der Waals surface area contributed by atoms with Crippen LogP contribution in [0.3, 0.4) is 0 Å². The van der Waals surface area contributed by atoms with E-state index >= 15 is 0 Å². The fourth-order valence-corrected chi connectivity index (χ4v) is 3.25. The number of benzene rings is 2. The molecular formula is C15H13BrN2O6S. The maximum absolute atomic E-state index is 12.2. The van der Waals surface area contributed by atoms with Crippen LogP contribution in [0.25, 0.3) is 0 Å². The SMILES string of the molecule is C/C(=N\NS(=O)(=O)c1cccc(C(=O)O)c1)c1cc(O)cc(Br)c1O. The summed E-state index contributed by atoms with van der Waals surface area (Å²) in [7, 11) is -4.11. The Bertz CT molecular complexity index is 972. The van der Waals surface area contributed by atoms with E-state index in [0.29, 0.717) is 0 Å². The predicted octanol–water partition coefficient (Wildman–Crippen LogP) is 2.26. The van der Waals surface area contributed by atoms with Crippen molar-refractivity contribution in [2.75, 3.05) is 0 Å². The minimum Gasteiger partial charge on any atom is -0.508 e. The molecule has 0 aliphatic rings. The van der Waals surface area contributed by atoms with E-state index in [1.165, 1.54) is 37.3 Å². The van der Waals surface area contributed by atoms with E-state index in [2.05, 4.69) is 21.0 Å². The number of nitrogens with one attached hydrogen (secondary N) is 1. The number of rotatable bonds is 5. The topological polar surface area (TPSA) is 136 Å². The maximum Gasteiger partial charge on any atom is 0.335 e. The van der Waals surface area contributed by atoms with Crippen LogP contribution >= 0.6 is 15.9 Å². The summed E-state index contributed by atoms with van der Waals surface area (Å²) in [4.78, 5) is 12.6. The first-order valence-corrected chi connectivity index (χ1v) is 9.00. The molecule has 0 radical (unpaired) electrons. The Kier molecular flexibility index (Phi) is 5.33. The first-order chi connectivity index (χ1) is 11.6. The number of sulfonamides is 1. The van der Waals surface area contributed by atoms with Crippen molar-refractivity contribution in [2.24, 2.45) is 5.10 Å². The third-order valence-corrected chi connectivity index (χ3v) is 4.97. The lowest BCUT2D eigenvalue weighted by Crippen LogP contribution is -2.20. The van der Waals surface area contributed by atoms with E-state index in [-0.39, 0.29) is 37.7 Å². The van der Waals surface area contributed by atoms with Crippen LogP contribution in [0.4, 0.5) is 0 Å². The lowest BCUT2D eigenvalue weighted by atomic mass is 10.1. The summed E-state index contributed by atoms with van der Waals surface area (Å²) in [5.41, 5.74) is 0.0269. The molecule has 0 bridgehead atoms. The maximum atomic E-state index is 12.2. The van der Waals surface area contributed by atoms with Gasteiger partial charge in [0.1, 0.15) is 11.5 Å². The number of phenolic OH excluding ortho intramolecular Hbond substituents is 2. The molecule has 0 atom stereocenters. The number of aromatic carboxylic acids is 1. The molecule has 0 aliphatic carbocycles. The molecular weight excluding hydrogens is 416 g/mol. The molecule has 25 heavy (non-hydrogen) atoms. The predicted molar refractivity (Wildman–Crippen MR) is 93.4 cm³/mol. The van der Waals surface area contributed by atoms with Crippen LogP contribution in [0.15, 0.2) is 50.9 Å². The molecule has 4 N–H and O–H groups in total. The lowest BCUT2D eigenvalue weighted by molar-refractivity contribution is 0.0696. The van der Waals surface area contributed by atoms with Gasteiger partial charge in [-0.25, -0.2) is 4.79 Å². The van der Waals surface area contributed by atoms with E-state index in [1.807, 2.05) is 4.83 Å². The van der Waals surface area contributed by atoms with Gasteiger partial charge in [0.25, 0.3) is 10.0 Å². The second-order valence-corrected chi connectivity index (χ2v) is 7.46. The van der Waals surface area contributed by atoms with E-state index in [0.717, 1.165) is 6.07 Å². The zero-order chi connectivity index (χ0) is 18.8. The number of carboxylic acids is 1. The summed E-state index contributed by atoms with van der Waals surface area (Å²) in [6, 6.07) is 7.27. The van der Waals surface area contributed by atoms with Gasteiger partial charge in [0.05, 0.1) is 20.6 Å². The minimum absolute atomic E-state index is 0.0899. The van der Waals surface area contributed by atoms with Crippen LogP contribution in [-0.2, 0) is 10.0 Å². The standard InChI is InChI=1S/C15H13BrN2O6S/c1-8(12-6-10(19)7-13(16)14(12)20)17-18-25(23,24)11-4-2-3-9(5-11)15(21)22/h2-7,18-20H,1H3,(H,21,22)/b17-8+. The highest BCUT2D eigenvalue weighted by Crippen LogP contribution is 2.32. The van der Waals surface area contributed by atoms with Crippen LogP contribution in [0, 0.1) is 0 Å². The van der Waals surface area contributed by atoms with Crippen molar-refractivity contribution in [3.8, 4) is 11.5 Å². The average molecular weight is 429 g/mol. The molecule has 0 amide bonds. The van der Waals surface area contributed by atoms with Crippen molar-refractivity contribution in [3.05, 3.63) is 52.0 Å². The Balaban J connectivity index is 2.34. The number of carboxylic acid groups (broad SMARTS) is 1. The largest absolute Gasteiger partial charge is 0.508 e. The second kappa shape index (κ2) is 7.11. The highest BCUT2D eigenvalue weighted by Gasteiger charge is 2.16. The molecule has 2 aromatic rings. The molecule has 0 fully saturated rings. The molecule has 0 aliphatic heterocycles. The monoisotopic (exact) mass is 428 g/mol. The third kappa shape index (κ3) is 4.28. The molecule has 10 heteroatoms. The van der Waals surface area contributed by atoms with Crippen molar-refractivity contribution in [1.82, 2.24) is 4.83 Å². The van der Waals surface area contributed by atoms with Crippen LogP contribution in [0.5, 0.6) is 11.5 Å².